The molecule has 1 amide bonds. The molecule has 7 nitrogen and oxygen atoms in total. The molecular formula is C22H18BrNO6. The van der Waals surface area contributed by atoms with Crippen molar-refractivity contribution in [2.75, 3.05) is 13.2 Å². The van der Waals surface area contributed by atoms with Gasteiger partial charge < -0.3 is 14.3 Å². The molecule has 2 aromatic carbocycles. The zero-order valence-electron chi connectivity index (χ0n) is 15.9. The van der Waals surface area contributed by atoms with Gasteiger partial charge in [0.1, 0.15) is 17.2 Å². The molecule has 2 heterocycles. The van der Waals surface area contributed by atoms with Crippen LogP contribution in [-0.2, 0) is 9.53 Å². The fraction of sp³-hybridized carbons (Fsp3) is 0.318. The zero-order valence-corrected chi connectivity index (χ0v) is 17.5. The van der Waals surface area contributed by atoms with Crippen LogP contribution in [0.1, 0.15) is 29.6 Å². The van der Waals surface area contributed by atoms with E-state index in [1.165, 1.54) is 0 Å². The first-order chi connectivity index (χ1) is 14.3. The van der Waals surface area contributed by atoms with Crippen molar-refractivity contribution in [1.29, 1.82) is 0 Å². The number of furan rings is 1. The van der Waals surface area contributed by atoms with Gasteiger partial charge in [0.2, 0.25) is 0 Å². The number of rotatable bonds is 4. The van der Waals surface area contributed by atoms with Crippen LogP contribution in [0, 0.1) is 5.41 Å². The van der Waals surface area contributed by atoms with Gasteiger partial charge in [-0.3, -0.25) is 9.69 Å². The Morgan fingerprint density at radius 1 is 1.13 bits per heavy atom. The molecule has 0 radical (unpaired) electrons. The number of nitrogens with zero attached hydrogens (tertiary/aromatic N) is 1. The minimum Gasteiger partial charge on any atom is -0.465 e. The third-order valence-electron chi connectivity index (χ3n) is 6.09. The topological polar surface area (TPSA) is 97.1 Å². The average molecular weight is 472 g/mol. The first kappa shape index (κ1) is 19.1. The lowest BCUT2D eigenvalue weighted by molar-refractivity contribution is -0.147. The number of carbonyl (C=O) groups excluding carboxylic acids is 2. The SMILES string of the molecule is O=C(COC(=O)C1CC2(CC2)CN1C(=O)O)c1ccc2c(c1)oc1cc(Br)ccc12. The maximum absolute atomic E-state index is 12.6. The molecule has 1 saturated heterocycles. The van der Waals surface area contributed by atoms with E-state index in [1.54, 1.807) is 12.1 Å². The monoisotopic (exact) mass is 471 g/mol. The number of ketones is 1. The Kier molecular flexibility index (Phi) is 4.36. The minimum absolute atomic E-state index is 0.0760. The van der Waals surface area contributed by atoms with Crippen molar-refractivity contribution in [2.45, 2.75) is 25.3 Å². The Balaban J connectivity index is 1.30. The van der Waals surface area contributed by atoms with E-state index in [4.69, 9.17) is 9.15 Å². The summed E-state index contributed by atoms with van der Waals surface area (Å²) in [7, 11) is 0. The summed E-state index contributed by atoms with van der Waals surface area (Å²) in [5, 5.41) is 11.2. The number of fused-ring (bicyclic) bond motifs is 3. The smallest absolute Gasteiger partial charge is 0.408 e. The van der Waals surface area contributed by atoms with Gasteiger partial charge in [0.25, 0.3) is 0 Å². The molecule has 1 aromatic heterocycles. The van der Waals surface area contributed by atoms with E-state index >= 15 is 0 Å². The number of amides is 1. The lowest BCUT2D eigenvalue weighted by atomic mass is 10.0. The minimum atomic E-state index is -1.13. The average Bonchev–Trinajstić information content (AvgIpc) is 3.21. The third-order valence-corrected chi connectivity index (χ3v) is 6.58. The number of halogens is 1. The number of Topliss-reactive ketones (excluding diaryl/α,β-unsaturated/α-hetero) is 1. The second kappa shape index (κ2) is 6.84. The number of carboxylic acid groups (broad SMARTS) is 1. The maximum Gasteiger partial charge on any atom is 0.408 e. The van der Waals surface area contributed by atoms with Gasteiger partial charge in [-0.1, -0.05) is 22.0 Å². The van der Waals surface area contributed by atoms with E-state index in [1.807, 2.05) is 24.3 Å². The number of ether oxygens (including phenoxy) is 1. The Bertz CT molecular complexity index is 1210. The van der Waals surface area contributed by atoms with Crippen molar-refractivity contribution in [2.24, 2.45) is 5.41 Å². The molecule has 30 heavy (non-hydrogen) atoms. The maximum atomic E-state index is 12.6. The van der Waals surface area contributed by atoms with Crippen LogP contribution in [0.25, 0.3) is 21.9 Å². The van der Waals surface area contributed by atoms with Crippen LogP contribution < -0.4 is 0 Å². The zero-order chi connectivity index (χ0) is 21.0. The molecule has 5 rings (SSSR count). The quantitative estimate of drug-likeness (QED) is 0.440. The predicted octanol–water partition coefficient (Wildman–Crippen LogP) is 4.61. The van der Waals surface area contributed by atoms with Gasteiger partial charge in [0.15, 0.2) is 12.4 Å². The molecule has 1 spiro atoms. The van der Waals surface area contributed by atoms with Crippen LogP contribution in [0.5, 0.6) is 0 Å². The highest BCUT2D eigenvalue weighted by atomic mass is 79.9. The highest BCUT2D eigenvalue weighted by Crippen LogP contribution is 2.54. The Morgan fingerprint density at radius 3 is 2.53 bits per heavy atom. The lowest BCUT2D eigenvalue weighted by Gasteiger charge is -2.19. The number of esters is 1. The molecule has 2 aliphatic rings. The molecule has 0 bridgehead atoms. The first-order valence-electron chi connectivity index (χ1n) is 9.66. The van der Waals surface area contributed by atoms with Crippen molar-refractivity contribution in [3.63, 3.8) is 0 Å². The summed E-state index contributed by atoms with van der Waals surface area (Å²) in [4.78, 5) is 37.6. The van der Waals surface area contributed by atoms with Gasteiger partial charge in [0, 0.05) is 27.4 Å². The van der Waals surface area contributed by atoms with Crippen LogP contribution in [0.2, 0.25) is 0 Å². The molecule has 2 fully saturated rings. The van der Waals surface area contributed by atoms with Crippen LogP contribution in [0.15, 0.2) is 45.3 Å². The number of hydrogen-bond acceptors (Lipinski definition) is 5. The third kappa shape index (κ3) is 3.25. The van der Waals surface area contributed by atoms with Crippen molar-refractivity contribution in [3.05, 3.63) is 46.4 Å². The molecular weight excluding hydrogens is 454 g/mol. The summed E-state index contributed by atoms with van der Waals surface area (Å²) in [5.41, 5.74) is 1.57. The fourth-order valence-corrected chi connectivity index (χ4v) is 4.59. The fourth-order valence-electron chi connectivity index (χ4n) is 4.25. The van der Waals surface area contributed by atoms with E-state index in [-0.39, 0.29) is 11.2 Å². The second-order valence-electron chi connectivity index (χ2n) is 8.11. The van der Waals surface area contributed by atoms with E-state index in [2.05, 4.69) is 15.9 Å². The van der Waals surface area contributed by atoms with Gasteiger partial charge in [-0.25, -0.2) is 9.59 Å². The number of benzene rings is 2. The summed E-state index contributed by atoms with van der Waals surface area (Å²) in [6, 6.07) is 10.0. The summed E-state index contributed by atoms with van der Waals surface area (Å²) < 4.78 is 11.9. The van der Waals surface area contributed by atoms with Gasteiger partial charge in [-0.05, 0) is 55.0 Å². The Hall–Kier alpha value is -2.87. The number of likely N-dealkylation sites (tertiary alicyclic amines) is 1. The molecule has 1 aliphatic heterocycles. The van der Waals surface area contributed by atoms with Gasteiger partial charge in [-0.15, -0.1) is 0 Å². The highest BCUT2D eigenvalue weighted by molar-refractivity contribution is 9.10. The predicted molar refractivity (Wildman–Crippen MR) is 112 cm³/mol. The van der Waals surface area contributed by atoms with Crippen molar-refractivity contribution in [1.82, 2.24) is 4.90 Å². The number of hydrogen-bond donors (Lipinski definition) is 1. The number of carbonyl (C=O) groups is 3. The summed E-state index contributed by atoms with van der Waals surface area (Å²) in [6.45, 7) is -0.0814. The molecule has 1 aliphatic carbocycles. The lowest BCUT2D eigenvalue weighted by Crippen LogP contribution is -2.41. The van der Waals surface area contributed by atoms with Crippen molar-refractivity contribution in [3.8, 4) is 0 Å². The van der Waals surface area contributed by atoms with Crippen molar-refractivity contribution < 1.29 is 28.6 Å². The summed E-state index contributed by atoms with van der Waals surface area (Å²) in [5.74, 6) is -1.03. The molecule has 8 heteroatoms. The van der Waals surface area contributed by atoms with Gasteiger partial charge in [-0.2, -0.15) is 0 Å². The van der Waals surface area contributed by atoms with Crippen LogP contribution in [-0.4, -0.2) is 47.0 Å². The van der Waals surface area contributed by atoms with Crippen molar-refractivity contribution >= 4 is 55.7 Å². The summed E-state index contributed by atoms with van der Waals surface area (Å²) >= 11 is 3.41. The first-order valence-corrected chi connectivity index (χ1v) is 10.5. The Morgan fingerprint density at radius 2 is 1.83 bits per heavy atom. The Labute approximate surface area is 179 Å². The molecule has 1 atom stereocenters. The van der Waals surface area contributed by atoms with Crippen LogP contribution >= 0.6 is 15.9 Å². The van der Waals surface area contributed by atoms with Gasteiger partial charge in [0.05, 0.1) is 0 Å². The summed E-state index contributed by atoms with van der Waals surface area (Å²) in [6.07, 6.45) is 1.18. The van der Waals surface area contributed by atoms with Crippen LogP contribution in [0.4, 0.5) is 4.79 Å². The normalized spacial score (nSPS) is 19.5. The largest absolute Gasteiger partial charge is 0.465 e. The van der Waals surface area contributed by atoms with E-state index in [9.17, 15) is 19.5 Å². The van der Waals surface area contributed by atoms with E-state index in [0.717, 1.165) is 33.0 Å². The molecule has 154 valence electrons. The van der Waals surface area contributed by atoms with E-state index < -0.39 is 24.7 Å². The highest BCUT2D eigenvalue weighted by Gasteiger charge is 2.55. The van der Waals surface area contributed by atoms with Gasteiger partial charge >= 0.3 is 12.1 Å². The van der Waals surface area contributed by atoms with E-state index in [0.29, 0.717) is 29.7 Å². The standard InChI is InChI=1S/C22H18BrNO6/c23-13-2-4-15-14-3-1-12(7-18(14)30-19(15)8-13)17(25)10-29-20(26)16-9-22(5-6-22)11-24(16)21(27)28/h1-4,7-8,16H,5-6,9-11H2,(H,27,28). The molecule has 1 saturated carbocycles. The molecule has 3 aromatic rings. The molecule has 1 unspecified atom stereocenters. The second-order valence-corrected chi connectivity index (χ2v) is 9.03. The molecule has 1 N–H and O–H groups in total. The van der Waals surface area contributed by atoms with Crippen LogP contribution in [0.3, 0.4) is 0 Å².